The highest BCUT2D eigenvalue weighted by molar-refractivity contribution is 7.14. The lowest BCUT2D eigenvalue weighted by molar-refractivity contribution is -0.122. The minimum Gasteiger partial charge on any atom is -0.483 e. The van der Waals surface area contributed by atoms with Crippen molar-refractivity contribution in [2.24, 2.45) is 0 Å². The standard InChI is InChI=1S/C21H13ClN6OS.CH2O2/c22-17-10-14(11-24-20(17)28-25-7-8-26-28)27-21(29)13-9-19(30-12-13)16-3-1-5-18-15(16)4-2-6-23-18;2-1-3/h1-12H,(H,27,29);1H,(H,2,3). The van der Waals surface area contributed by atoms with E-state index in [0.29, 0.717) is 22.1 Å². The van der Waals surface area contributed by atoms with E-state index in [1.165, 1.54) is 34.7 Å². The molecule has 0 aliphatic rings. The highest BCUT2D eigenvalue weighted by atomic mass is 35.5. The summed E-state index contributed by atoms with van der Waals surface area (Å²) in [6.45, 7) is -0.250. The second kappa shape index (κ2) is 9.98. The molecule has 0 spiro atoms. The van der Waals surface area contributed by atoms with E-state index in [4.69, 9.17) is 21.5 Å². The lowest BCUT2D eigenvalue weighted by atomic mass is 10.1. The second-order valence-corrected chi connectivity index (χ2v) is 7.80. The number of rotatable bonds is 4. The summed E-state index contributed by atoms with van der Waals surface area (Å²) in [5.41, 5.74) is 3.01. The van der Waals surface area contributed by atoms with Crippen LogP contribution in [0.2, 0.25) is 5.02 Å². The number of carbonyl (C=O) groups is 2. The number of fused-ring (bicyclic) bond motifs is 1. The number of halogens is 1. The van der Waals surface area contributed by atoms with Crippen LogP contribution in [0, 0.1) is 0 Å². The molecule has 1 aromatic carbocycles. The summed E-state index contributed by atoms with van der Waals surface area (Å²) in [5, 5.41) is 20.9. The fourth-order valence-corrected chi connectivity index (χ4v) is 4.26. The molecule has 11 heteroatoms. The fraction of sp³-hybridized carbons (Fsp3) is 0. The first kappa shape index (κ1) is 22.1. The van der Waals surface area contributed by atoms with Crippen LogP contribution in [0.15, 0.2) is 72.6 Å². The van der Waals surface area contributed by atoms with Crippen molar-refractivity contribution in [3.63, 3.8) is 0 Å². The van der Waals surface area contributed by atoms with Gasteiger partial charge in [0.1, 0.15) is 0 Å². The van der Waals surface area contributed by atoms with Crippen LogP contribution in [0.1, 0.15) is 10.4 Å². The normalized spacial score (nSPS) is 10.3. The fourth-order valence-electron chi connectivity index (χ4n) is 3.09. The van der Waals surface area contributed by atoms with Crippen molar-refractivity contribution >= 4 is 51.9 Å². The Morgan fingerprint density at radius 1 is 1.09 bits per heavy atom. The highest BCUT2D eigenvalue weighted by Gasteiger charge is 2.14. The molecule has 4 heterocycles. The Hall–Kier alpha value is -4.15. The number of anilines is 1. The molecule has 5 rings (SSSR count). The number of nitrogens with one attached hydrogen (secondary N) is 1. The van der Waals surface area contributed by atoms with Crippen LogP contribution in [-0.2, 0) is 4.79 Å². The molecular weight excluding hydrogens is 464 g/mol. The summed E-state index contributed by atoms with van der Waals surface area (Å²) in [7, 11) is 0. The average Bonchev–Trinajstić information content (AvgIpc) is 3.52. The zero-order valence-electron chi connectivity index (χ0n) is 16.8. The van der Waals surface area contributed by atoms with E-state index in [0.717, 1.165) is 21.3 Å². The van der Waals surface area contributed by atoms with E-state index in [9.17, 15) is 4.79 Å². The smallest absolute Gasteiger partial charge is 0.290 e. The lowest BCUT2D eigenvalue weighted by Crippen LogP contribution is -2.12. The number of benzene rings is 1. The van der Waals surface area contributed by atoms with E-state index in [1.54, 1.807) is 12.3 Å². The summed E-state index contributed by atoms with van der Waals surface area (Å²) in [4.78, 5) is 32.0. The number of hydrogen-bond donors (Lipinski definition) is 2. The first-order chi connectivity index (χ1) is 16.1. The number of aromatic nitrogens is 5. The molecule has 4 aromatic heterocycles. The SMILES string of the molecule is O=C(Nc1cnc(-n2nccn2)c(Cl)c1)c1csc(-c2cccc3ncccc23)c1.O=CO. The van der Waals surface area contributed by atoms with Gasteiger partial charge in [-0.1, -0.05) is 29.8 Å². The van der Waals surface area contributed by atoms with Gasteiger partial charge in [0.2, 0.25) is 0 Å². The van der Waals surface area contributed by atoms with Gasteiger partial charge in [0.15, 0.2) is 5.82 Å². The molecule has 0 saturated heterocycles. The van der Waals surface area contributed by atoms with Crippen LogP contribution < -0.4 is 5.32 Å². The van der Waals surface area contributed by atoms with Crippen molar-refractivity contribution in [2.75, 3.05) is 5.32 Å². The average molecular weight is 479 g/mol. The molecule has 33 heavy (non-hydrogen) atoms. The highest BCUT2D eigenvalue weighted by Crippen LogP contribution is 2.33. The number of carboxylic acid groups (broad SMARTS) is 1. The second-order valence-electron chi connectivity index (χ2n) is 6.48. The first-order valence-electron chi connectivity index (χ1n) is 9.45. The number of thiophene rings is 1. The lowest BCUT2D eigenvalue weighted by Gasteiger charge is -2.06. The van der Waals surface area contributed by atoms with Gasteiger partial charge in [-0.2, -0.15) is 10.2 Å². The maximum atomic E-state index is 12.7. The van der Waals surface area contributed by atoms with Crippen LogP contribution in [-0.4, -0.2) is 42.4 Å². The van der Waals surface area contributed by atoms with E-state index < -0.39 is 0 Å². The first-order valence-corrected chi connectivity index (χ1v) is 10.7. The molecule has 1 amide bonds. The van der Waals surface area contributed by atoms with Crippen molar-refractivity contribution < 1.29 is 14.7 Å². The summed E-state index contributed by atoms with van der Waals surface area (Å²) in [6.07, 6.45) is 6.36. The molecule has 0 aliphatic heterocycles. The molecule has 0 aliphatic carbocycles. The van der Waals surface area contributed by atoms with Gasteiger partial charge in [0, 0.05) is 27.4 Å². The summed E-state index contributed by atoms with van der Waals surface area (Å²) >= 11 is 7.78. The Balaban J connectivity index is 0.000000821. The van der Waals surface area contributed by atoms with E-state index in [-0.39, 0.29) is 12.4 Å². The molecule has 2 N–H and O–H groups in total. The Bertz CT molecular complexity index is 1420. The molecule has 0 fully saturated rings. The summed E-state index contributed by atoms with van der Waals surface area (Å²) < 4.78 is 0. The minimum atomic E-state index is -0.250. The van der Waals surface area contributed by atoms with Crippen LogP contribution >= 0.6 is 22.9 Å². The van der Waals surface area contributed by atoms with Gasteiger partial charge in [0.25, 0.3) is 12.4 Å². The largest absolute Gasteiger partial charge is 0.483 e. The van der Waals surface area contributed by atoms with E-state index >= 15 is 0 Å². The minimum absolute atomic E-state index is 0.237. The maximum Gasteiger partial charge on any atom is 0.290 e. The molecule has 0 bridgehead atoms. The topological polar surface area (TPSA) is 123 Å². The van der Waals surface area contributed by atoms with Gasteiger partial charge in [-0.3, -0.25) is 14.6 Å². The Kier molecular flexibility index (Phi) is 6.67. The van der Waals surface area contributed by atoms with Crippen LogP contribution in [0.4, 0.5) is 5.69 Å². The third-order valence-corrected chi connectivity index (χ3v) is 5.70. The van der Waals surface area contributed by atoms with Crippen molar-refractivity contribution in [3.05, 3.63) is 83.2 Å². The molecule has 5 aromatic rings. The van der Waals surface area contributed by atoms with Crippen molar-refractivity contribution in [1.82, 2.24) is 25.0 Å². The van der Waals surface area contributed by atoms with Crippen LogP contribution in [0.5, 0.6) is 0 Å². The molecule has 0 radical (unpaired) electrons. The van der Waals surface area contributed by atoms with Gasteiger partial charge in [-0.25, -0.2) is 4.98 Å². The van der Waals surface area contributed by atoms with Gasteiger partial charge >= 0.3 is 0 Å². The molecule has 0 atom stereocenters. The third-order valence-electron chi connectivity index (χ3n) is 4.46. The predicted octanol–water partition coefficient (Wildman–Crippen LogP) is 4.55. The Labute approximate surface area is 196 Å². The third kappa shape index (κ3) is 4.86. The van der Waals surface area contributed by atoms with E-state index in [1.807, 2.05) is 41.8 Å². The van der Waals surface area contributed by atoms with Crippen LogP contribution in [0.3, 0.4) is 0 Å². The number of amides is 1. The summed E-state index contributed by atoms with van der Waals surface area (Å²) in [6, 6.07) is 13.4. The molecule has 9 nitrogen and oxygen atoms in total. The van der Waals surface area contributed by atoms with E-state index in [2.05, 4.69) is 25.5 Å². The van der Waals surface area contributed by atoms with Crippen LogP contribution in [0.25, 0.3) is 27.2 Å². The quantitative estimate of drug-likeness (QED) is 0.363. The Morgan fingerprint density at radius 2 is 1.88 bits per heavy atom. The number of hydrogen-bond acceptors (Lipinski definition) is 7. The number of pyridine rings is 2. The van der Waals surface area contributed by atoms with Gasteiger partial charge in [0.05, 0.1) is 40.4 Å². The zero-order chi connectivity index (χ0) is 23.2. The molecule has 164 valence electrons. The van der Waals surface area contributed by atoms with Gasteiger partial charge in [-0.15, -0.1) is 16.1 Å². The molecule has 0 unspecified atom stereocenters. The Morgan fingerprint density at radius 3 is 2.64 bits per heavy atom. The van der Waals surface area contributed by atoms with Crippen molar-refractivity contribution in [3.8, 4) is 16.3 Å². The molecular formula is C22H15ClN6O3S. The predicted molar refractivity (Wildman–Crippen MR) is 126 cm³/mol. The maximum absolute atomic E-state index is 12.7. The van der Waals surface area contributed by atoms with Crippen molar-refractivity contribution in [1.29, 1.82) is 0 Å². The monoisotopic (exact) mass is 478 g/mol. The molecule has 0 saturated carbocycles. The number of carbonyl (C=O) groups excluding carboxylic acids is 1. The van der Waals surface area contributed by atoms with Gasteiger partial charge in [-0.05, 0) is 24.3 Å². The zero-order valence-corrected chi connectivity index (χ0v) is 18.4. The van der Waals surface area contributed by atoms with Gasteiger partial charge < -0.3 is 10.4 Å². The van der Waals surface area contributed by atoms with Crippen molar-refractivity contribution in [2.45, 2.75) is 0 Å². The number of nitrogens with zero attached hydrogens (tertiary/aromatic N) is 5. The summed E-state index contributed by atoms with van der Waals surface area (Å²) in [5.74, 6) is 0.153.